The highest BCUT2D eigenvalue weighted by atomic mass is 16.5. The van der Waals surface area contributed by atoms with Crippen molar-refractivity contribution in [1.29, 1.82) is 0 Å². The molecular formula is C14H24O. The highest BCUT2D eigenvalue weighted by Gasteiger charge is 2.52. The van der Waals surface area contributed by atoms with Crippen LogP contribution in [-0.2, 0) is 4.74 Å². The molecule has 0 radical (unpaired) electrons. The molecule has 86 valence electrons. The summed E-state index contributed by atoms with van der Waals surface area (Å²) < 4.78 is 6.27. The van der Waals surface area contributed by atoms with Gasteiger partial charge in [0.2, 0.25) is 0 Å². The molecule has 1 aliphatic heterocycles. The maximum atomic E-state index is 6.27. The molecular weight excluding hydrogens is 184 g/mol. The van der Waals surface area contributed by atoms with Gasteiger partial charge in [-0.1, -0.05) is 6.92 Å². The Morgan fingerprint density at radius 2 is 1.87 bits per heavy atom. The van der Waals surface area contributed by atoms with Crippen LogP contribution >= 0.6 is 0 Å². The zero-order valence-electron chi connectivity index (χ0n) is 10.3. The van der Waals surface area contributed by atoms with Crippen LogP contribution in [0.25, 0.3) is 0 Å². The maximum Gasteiger partial charge on any atom is 0.0689 e. The van der Waals surface area contributed by atoms with Crippen molar-refractivity contribution in [2.24, 2.45) is 23.7 Å². The Labute approximate surface area is 93.6 Å². The molecule has 3 aliphatic rings. The van der Waals surface area contributed by atoms with E-state index in [1.54, 1.807) is 0 Å². The van der Waals surface area contributed by atoms with Gasteiger partial charge >= 0.3 is 0 Å². The first-order valence-electron chi connectivity index (χ1n) is 6.76. The molecule has 2 aliphatic carbocycles. The Hall–Kier alpha value is -0.0400. The first kappa shape index (κ1) is 10.1. The topological polar surface area (TPSA) is 9.23 Å². The lowest BCUT2D eigenvalue weighted by Crippen LogP contribution is -2.55. The van der Waals surface area contributed by atoms with Gasteiger partial charge in [0.25, 0.3) is 0 Å². The van der Waals surface area contributed by atoms with Crippen LogP contribution in [0, 0.1) is 23.7 Å². The summed E-state index contributed by atoms with van der Waals surface area (Å²) in [7, 11) is 0. The van der Waals surface area contributed by atoms with Crippen molar-refractivity contribution in [2.45, 2.75) is 64.6 Å². The van der Waals surface area contributed by atoms with Crippen LogP contribution in [0.15, 0.2) is 0 Å². The van der Waals surface area contributed by atoms with Gasteiger partial charge in [0.15, 0.2) is 0 Å². The third-order valence-electron chi connectivity index (χ3n) is 5.51. The number of fused-ring (bicyclic) bond motifs is 1. The molecule has 1 saturated heterocycles. The lowest BCUT2D eigenvalue weighted by Gasteiger charge is -2.57. The zero-order valence-corrected chi connectivity index (χ0v) is 10.3. The average molecular weight is 208 g/mol. The highest BCUT2D eigenvalue weighted by molar-refractivity contribution is 5.02. The molecule has 1 heterocycles. The molecule has 3 fully saturated rings. The second-order valence-corrected chi connectivity index (χ2v) is 6.59. The molecule has 0 aromatic heterocycles. The molecule has 15 heavy (non-hydrogen) atoms. The minimum absolute atomic E-state index is 0.235. The SMILES string of the molecule is CC1CC2CC(C)C3CCC(C)(O1)C2C3. The molecule has 1 nitrogen and oxygen atoms in total. The predicted octanol–water partition coefficient (Wildman–Crippen LogP) is 3.63. The lowest BCUT2D eigenvalue weighted by atomic mass is 9.55. The van der Waals surface area contributed by atoms with E-state index < -0.39 is 0 Å². The molecule has 0 N–H and O–H groups in total. The molecule has 2 bridgehead atoms. The summed E-state index contributed by atoms with van der Waals surface area (Å²) in [4.78, 5) is 0. The molecule has 6 atom stereocenters. The molecule has 2 saturated carbocycles. The van der Waals surface area contributed by atoms with Crippen molar-refractivity contribution < 1.29 is 4.74 Å². The third kappa shape index (κ3) is 1.46. The summed E-state index contributed by atoms with van der Waals surface area (Å²) in [5, 5.41) is 0. The van der Waals surface area contributed by atoms with Crippen molar-refractivity contribution in [1.82, 2.24) is 0 Å². The van der Waals surface area contributed by atoms with Crippen LogP contribution < -0.4 is 0 Å². The Kier molecular flexibility index (Phi) is 2.18. The summed E-state index contributed by atoms with van der Waals surface area (Å²) in [5.41, 5.74) is 0.235. The van der Waals surface area contributed by atoms with Gasteiger partial charge in [-0.05, 0) is 69.6 Å². The fourth-order valence-electron chi connectivity index (χ4n) is 4.73. The van der Waals surface area contributed by atoms with Gasteiger partial charge in [-0.3, -0.25) is 0 Å². The summed E-state index contributed by atoms with van der Waals surface area (Å²) in [6, 6.07) is 0. The second-order valence-electron chi connectivity index (χ2n) is 6.59. The van der Waals surface area contributed by atoms with Crippen LogP contribution in [-0.4, -0.2) is 11.7 Å². The summed E-state index contributed by atoms with van der Waals surface area (Å²) >= 11 is 0. The quantitative estimate of drug-likeness (QED) is 0.590. The van der Waals surface area contributed by atoms with Gasteiger partial charge in [-0.2, -0.15) is 0 Å². The van der Waals surface area contributed by atoms with E-state index in [9.17, 15) is 0 Å². The van der Waals surface area contributed by atoms with Gasteiger partial charge in [0.05, 0.1) is 11.7 Å². The standard InChI is InChI=1S/C14H24O/c1-9-6-12-7-10(2)15-14(3)5-4-11(9)8-13(12)14/h9-13H,4-8H2,1-3H3. The van der Waals surface area contributed by atoms with Crippen molar-refractivity contribution in [2.75, 3.05) is 0 Å². The Morgan fingerprint density at radius 1 is 1.07 bits per heavy atom. The van der Waals surface area contributed by atoms with Gasteiger partial charge in [0.1, 0.15) is 0 Å². The zero-order chi connectivity index (χ0) is 10.6. The molecule has 3 rings (SSSR count). The first-order chi connectivity index (χ1) is 7.08. The van der Waals surface area contributed by atoms with Gasteiger partial charge in [-0.15, -0.1) is 0 Å². The summed E-state index contributed by atoms with van der Waals surface area (Å²) in [6.07, 6.45) is 7.46. The van der Waals surface area contributed by atoms with Gasteiger partial charge in [0, 0.05) is 0 Å². The van der Waals surface area contributed by atoms with Crippen molar-refractivity contribution >= 4 is 0 Å². The molecule has 1 heteroatoms. The average Bonchev–Trinajstić information content (AvgIpc) is 2.15. The smallest absolute Gasteiger partial charge is 0.0689 e. The first-order valence-corrected chi connectivity index (χ1v) is 6.76. The molecule has 0 amide bonds. The number of ether oxygens (including phenoxy) is 1. The van der Waals surface area contributed by atoms with E-state index in [0.29, 0.717) is 6.10 Å². The van der Waals surface area contributed by atoms with Crippen molar-refractivity contribution in [3.05, 3.63) is 0 Å². The van der Waals surface area contributed by atoms with E-state index in [2.05, 4.69) is 20.8 Å². The van der Waals surface area contributed by atoms with E-state index in [1.807, 2.05) is 0 Å². The molecule has 0 spiro atoms. The second kappa shape index (κ2) is 3.23. The minimum Gasteiger partial charge on any atom is -0.372 e. The number of hydrogen-bond donors (Lipinski definition) is 0. The number of hydrogen-bond acceptors (Lipinski definition) is 1. The van der Waals surface area contributed by atoms with Crippen LogP contribution in [0.1, 0.15) is 52.9 Å². The van der Waals surface area contributed by atoms with Gasteiger partial charge in [-0.25, -0.2) is 0 Å². The fourth-order valence-corrected chi connectivity index (χ4v) is 4.73. The molecule has 6 unspecified atom stereocenters. The van der Waals surface area contributed by atoms with E-state index in [4.69, 9.17) is 4.74 Å². The lowest BCUT2D eigenvalue weighted by molar-refractivity contribution is -0.209. The Balaban J connectivity index is 1.89. The Bertz CT molecular complexity index is 262. The fraction of sp³-hybridized carbons (Fsp3) is 1.00. The van der Waals surface area contributed by atoms with E-state index >= 15 is 0 Å². The van der Waals surface area contributed by atoms with Gasteiger partial charge < -0.3 is 4.74 Å². The van der Waals surface area contributed by atoms with E-state index in [0.717, 1.165) is 23.7 Å². The normalized spacial score (nSPS) is 59.0. The largest absolute Gasteiger partial charge is 0.372 e. The third-order valence-corrected chi connectivity index (χ3v) is 5.51. The summed E-state index contributed by atoms with van der Waals surface area (Å²) in [5.74, 6) is 3.83. The Morgan fingerprint density at radius 3 is 2.67 bits per heavy atom. The summed E-state index contributed by atoms with van der Waals surface area (Å²) in [6.45, 7) is 7.13. The van der Waals surface area contributed by atoms with Crippen molar-refractivity contribution in [3.63, 3.8) is 0 Å². The molecule has 0 aromatic rings. The van der Waals surface area contributed by atoms with Crippen LogP contribution in [0.5, 0.6) is 0 Å². The number of rotatable bonds is 0. The van der Waals surface area contributed by atoms with E-state index in [1.165, 1.54) is 32.1 Å². The maximum absolute atomic E-state index is 6.27. The van der Waals surface area contributed by atoms with Crippen LogP contribution in [0.2, 0.25) is 0 Å². The monoisotopic (exact) mass is 208 g/mol. The van der Waals surface area contributed by atoms with Crippen LogP contribution in [0.4, 0.5) is 0 Å². The van der Waals surface area contributed by atoms with Crippen LogP contribution in [0.3, 0.4) is 0 Å². The minimum atomic E-state index is 0.235. The van der Waals surface area contributed by atoms with Crippen molar-refractivity contribution in [3.8, 4) is 0 Å². The van der Waals surface area contributed by atoms with E-state index in [-0.39, 0.29) is 5.60 Å². The highest BCUT2D eigenvalue weighted by Crippen LogP contribution is 2.55. The molecule has 0 aromatic carbocycles. The predicted molar refractivity (Wildman–Crippen MR) is 61.7 cm³/mol.